The van der Waals surface area contributed by atoms with Crippen LogP contribution >= 0.6 is 15.9 Å². The maximum atomic E-state index is 8.63. The molecule has 2 nitrogen and oxygen atoms in total. The van der Waals surface area contributed by atoms with Gasteiger partial charge < -0.3 is 4.40 Å². The molecule has 0 bridgehead atoms. The smallest absolute Gasteiger partial charge is 0.101 e. The number of rotatable bonds is 0. The molecule has 0 spiro atoms. The molecule has 0 aliphatic carbocycles. The van der Waals surface area contributed by atoms with Crippen LogP contribution in [-0.4, -0.2) is 4.40 Å². The fourth-order valence-corrected chi connectivity index (χ4v) is 1.50. The van der Waals surface area contributed by atoms with Crippen LogP contribution in [0.1, 0.15) is 5.56 Å². The molecule has 0 saturated heterocycles. The molecule has 0 aliphatic rings. The molecule has 0 fully saturated rings. The van der Waals surface area contributed by atoms with E-state index in [1.165, 1.54) is 0 Å². The van der Waals surface area contributed by atoms with Crippen LogP contribution in [0.5, 0.6) is 0 Å². The first kappa shape index (κ1) is 7.38. The van der Waals surface area contributed by atoms with Crippen LogP contribution in [-0.2, 0) is 0 Å². The van der Waals surface area contributed by atoms with Crippen molar-refractivity contribution in [1.82, 2.24) is 4.40 Å². The molecule has 0 aliphatic heterocycles. The van der Waals surface area contributed by atoms with Crippen molar-refractivity contribution in [2.75, 3.05) is 0 Å². The molecule has 0 amide bonds. The fraction of sp³-hybridized carbons (Fsp3) is 0. The maximum Gasteiger partial charge on any atom is 0.101 e. The van der Waals surface area contributed by atoms with Crippen LogP contribution < -0.4 is 0 Å². The lowest BCUT2D eigenvalue weighted by atomic mass is 10.3. The van der Waals surface area contributed by atoms with Crippen molar-refractivity contribution in [1.29, 1.82) is 5.26 Å². The molecular weight excluding hydrogens is 216 g/mol. The summed E-state index contributed by atoms with van der Waals surface area (Å²) in [6.45, 7) is 0. The Balaban J connectivity index is 2.77. The molecular formula is C9H5BrN2. The minimum absolute atomic E-state index is 0.688. The summed E-state index contributed by atoms with van der Waals surface area (Å²) in [5.74, 6) is 0. The number of hydrogen-bond donors (Lipinski definition) is 0. The van der Waals surface area contributed by atoms with Gasteiger partial charge in [-0.1, -0.05) is 0 Å². The van der Waals surface area contributed by atoms with E-state index in [-0.39, 0.29) is 0 Å². The first-order valence-electron chi connectivity index (χ1n) is 3.47. The summed E-state index contributed by atoms with van der Waals surface area (Å²) >= 11 is 3.36. The van der Waals surface area contributed by atoms with Crippen LogP contribution in [0.25, 0.3) is 5.52 Å². The summed E-state index contributed by atoms with van der Waals surface area (Å²) in [6, 6.07) is 7.87. The number of fused-ring (bicyclic) bond motifs is 1. The Kier molecular flexibility index (Phi) is 1.63. The molecule has 2 aromatic heterocycles. The fourth-order valence-electron chi connectivity index (χ4n) is 1.14. The third kappa shape index (κ3) is 1.10. The van der Waals surface area contributed by atoms with Crippen LogP contribution in [0.3, 0.4) is 0 Å². The van der Waals surface area contributed by atoms with Crippen LogP contribution in [0.2, 0.25) is 0 Å². The van der Waals surface area contributed by atoms with Crippen molar-refractivity contribution in [2.45, 2.75) is 0 Å². The highest BCUT2D eigenvalue weighted by molar-refractivity contribution is 9.10. The number of pyridine rings is 1. The Bertz CT molecular complexity index is 465. The average molecular weight is 221 g/mol. The van der Waals surface area contributed by atoms with Gasteiger partial charge in [-0.15, -0.1) is 0 Å². The molecule has 0 unspecified atom stereocenters. The van der Waals surface area contributed by atoms with Gasteiger partial charge in [-0.05, 0) is 34.1 Å². The van der Waals surface area contributed by atoms with Gasteiger partial charge in [0.25, 0.3) is 0 Å². The van der Waals surface area contributed by atoms with Crippen LogP contribution in [0.4, 0.5) is 0 Å². The average Bonchev–Trinajstić information content (AvgIpc) is 2.46. The van der Waals surface area contributed by atoms with E-state index < -0.39 is 0 Å². The van der Waals surface area contributed by atoms with Crippen molar-refractivity contribution in [2.24, 2.45) is 0 Å². The largest absolute Gasteiger partial charge is 0.321 e. The van der Waals surface area contributed by atoms with Gasteiger partial charge in [0.1, 0.15) is 6.07 Å². The molecule has 0 atom stereocenters. The molecule has 12 heavy (non-hydrogen) atoms. The highest BCUT2D eigenvalue weighted by Gasteiger charge is 1.97. The Morgan fingerprint density at radius 3 is 2.92 bits per heavy atom. The van der Waals surface area contributed by atoms with E-state index in [1.807, 2.05) is 28.8 Å². The highest BCUT2D eigenvalue weighted by Crippen LogP contribution is 2.14. The SMILES string of the molecule is N#Cc1cc2ccc(Br)cn2c1. The molecule has 2 aromatic rings. The second kappa shape index (κ2) is 2.65. The summed E-state index contributed by atoms with van der Waals surface area (Å²) in [4.78, 5) is 0. The lowest BCUT2D eigenvalue weighted by molar-refractivity contribution is 1.18. The van der Waals surface area contributed by atoms with Gasteiger partial charge in [0.05, 0.1) is 5.56 Å². The van der Waals surface area contributed by atoms with Gasteiger partial charge in [-0.2, -0.15) is 5.26 Å². The maximum absolute atomic E-state index is 8.63. The number of aromatic nitrogens is 1. The van der Waals surface area contributed by atoms with E-state index in [4.69, 9.17) is 5.26 Å². The van der Waals surface area contributed by atoms with Crippen molar-refractivity contribution < 1.29 is 0 Å². The van der Waals surface area contributed by atoms with Crippen LogP contribution in [0, 0.1) is 11.3 Å². The second-order valence-electron chi connectivity index (χ2n) is 2.52. The van der Waals surface area contributed by atoms with Crippen molar-refractivity contribution >= 4 is 21.4 Å². The summed E-state index contributed by atoms with van der Waals surface area (Å²) < 4.78 is 2.93. The normalized spacial score (nSPS) is 10.0. The van der Waals surface area contributed by atoms with Gasteiger partial charge in [0, 0.05) is 22.4 Å². The zero-order valence-corrected chi connectivity index (χ0v) is 7.75. The van der Waals surface area contributed by atoms with E-state index in [2.05, 4.69) is 22.0 Å². The Hall–Kier alpha value is -1.27. The lowest BCUT2D eigenvalue weighted by Gasteiger charge is -1.93. The number of hydrogen-bond acceptors (Lipinski definition) is 1. The van der Waals surface area contributed by atoms with Crippen molar-refractivity contribution in [3.63, 3.8) is 0 Å². The van der Waals surface area contributed by atoms with Gasteiger partial charge in [0.2, 0.25) is 0 Å². The summed E-state index contributed by atoms with van der Waals surface area (Å²) in [5.41, 5.74) is 1.72. The third-order valence-corrected chi connectivity index (χ3v) is 2.15. The standard InChI is InChI=1S/C9H5BrN2/c10-8-1-2-9-3-7(4-11)5-12(9)6-8/h1-3,5-6H. The first-order chi connectivity index (χ1) is 5.79. The summed E-state index contributed by atoms with van der Waals surface area (Å²) in [5, 5.41) is 8.63. The van der Waals surface area contributed by atoms with E-state index in [0.29, 0.717) is 5.56 Å². The second-order valence-corrected chi connectivity index (χ2v) is 3.44. The molecule has 0 saturated carbocycles. The predicted molar refractivity (Wildman–Crippen MR) is 49.8 cm³/mol. The van der Waals surface area contributed by atoms with E-state index in [0.717, 1.165) is 9.99 Å². The third-order valence-electron chi connectivity index (χ3n) is 1.68. The van der Waals surface area contributed by atoms with Gasteiger partial charge in [-0.3, -0.25) is 0 Å². The minimum Gasteiger partial charge on any atom is -0.321 e. The van der Waals surface area contributed by atoms with Crippen molar-refractivity contribution in [3.05, 3.63) is 40.6 Å². The van der Waals surface area contributed by atoms with Gasteiger partial charge >= 0.3 is 0 Å². The molecule has 58 valence electrons. The Morgan fingerprint density at radius 2 is 2.17 bits per heavy atom. The van der Waals surface area contributed by atoms with E-state index in [9.17, 15) is 0 Å². The summed E-state index contributed by atoms with van der Waals surface area (Å²) in [7, 11) is 0. The minimum atomic E-state index is 0.688. The molecule has 0 N–H and O–H groups in total. The monoisotopic (exact) mass is 220 g/mol. The number of halogens is 1. The highest BCUT2D eigenvalue weighted by atomic mass is 79.9. The van der Waals surface area contributed by atoms with Crippen molar-refractivity contribution in [3.8, 4) is 6.07 Å². The number of nitrogens with zero attached hydrogens (tertiary/aromatic N) is 2. The van der Waals surface area contributed by atoms with Gasteiger partial charge in [0.15, 0.2) is 0 Å². The predicted octanol–water partition coefficient (Wildman–Crippen LogP) is 2.57. The molecule has 3 heteroatoms. The quantitative estimate of drug-likeness (QED) is 0.671. The van der Waals surface area contributed by atoms with Gasteiger partial charge in [-0.25, -0.2) is 0 Å². The zero-order chi connectivity index (χ0) is 8.55. The van der Waals surface area contributed by atoms with E-state index in [1.54, 1.807) is 6.20 Å². The van der Waals surface area contributed by atoms with Crippen LogP contribution in [0.15, 0.2) is 35.1 Å². The zero-order valence-electron chi connectivity index (χ0n) is 6.16. The molecule has 2 rings (SSSR count). The van der Waals surface area contributed by atoms with E-state index >= 15 is 0 Å². The summed E-state index contributed by atoms with van der Waals surface area (Å²) in [6.07, 6.45) is 3.73. The Labute approximate surface area is 78.2 Å². The Morgan fingerprint density at radius 1 is 1.33 bits per heavy atom. The lowest BCUT2D eigenvalue weighted by Crippen LogP contribution is -1.78. The molecule has 2 heterocycles. The molecule has 0 aromatic carbocycles. The number of nitriles is 1. The topological polar surface area (TPSA) is 28.2 Å². The molecule has 0 radical (unpaired) electrons. The first-order valence-corrected chi connectivity index (χ1v) is 4.26.